The van der Waals surface area contributed by atoms with Gasteiger partial charge in [-0.3, -0.25) is 4.79 Å². The van der Waals surface area contributed by atoms with Crippen molar-refractivity contribution in [3.05, 3.63) is 29.8 Å². The lowest BCUT2D eigenvalue weighted by Crippen LogP contribution is -2.53. The van der Waals surface area contributed by atoms with E-state index in [1.54, 1.807) is 12.1 Å². The summed E-state index contributed by atoms with van der Waals surface area (Å²) in [5.74, 6) is 0.789. The van der Waals surface area contributed by atoms with Crippen LogP contribution in [0.1, 0.15) is 29.6 Å². The van der Waals surface area contributed by atoms with Crippen LogP contribution in [-0.4, -0.2) is 48.4 Å². The van der Waals surface area contributed by atoms with Gasteiger partial charge in [0.15, 0.2) is 0 Å². The predicted octanol–water partition coefficient (Wildman–Crippen LogP) is 1.83. The molecule has 0 aliphatic carbocycles. The first-order valence-corrected chi connectivity index (χ1v) is 7.50. The van der Waals surface area contributed by atoms with Gasteiger partial charge in [-0.15, -0.1) is 0 Å². The highest BCUT2D eigenvalue weighted by molar-refractivity contribution is 5.94. The van der Waals surface area contributed by atoms with Crippen molar-refractivity contribution in [1.29, 1.82) is 0 Å². The van der Waals surface area contributed by atoms with Crippen LogP contribution in [0.2, 0.25) is 0 Å². The summed E-state index contributed by atoms with van der Waals surface area (Å²) in [5, 5.41) is 0. The van der Waals surface area contributed by atoms with Crippen LogP contribution in [0.25, 0.3) is 0 Å². The summed E-state index contributed by atoms with van der Waals surface area (Å²) in [6.07, 6.45) is 3.60. The molecule has 2 unspecified atom stereocenters. The van der Waals surface area contributed by atoms with E-state index in [1.807, 2.05) is 17.0 Å². The van der Waals surface area contributed by atoms with Crippen molar-refractivity contribution in [2.45, 2.75) is 25.3 Å². The Morgan fingerprint density at radius 3 is 2.70 bits per heavy atom. The Hall–Kier alpha value is -1.55. The molecule has 3 rings (SSSR count). The lowest BCUT2D eigenvalue weighted by atomic mass is 9.84. The summed E-state index contributed by atoms with van der Waals surface area (Å²) in [7, 11) is 2.22. The number of nitrogens with two attached hydrogens (primary N) is 1. The number of amides is 1. The number of likely N-dealkylation sites (tertiary alicyclic amines) is 2. The maximum atomic E-state index is 12.5. The quantitative estimate of drug-likeness (QED) is 0.794. The third-order valence-corrected chi connectivity index (χ3v) is 4.79. The van der Waals surface area contributed by atoms with Crippen molar-refractivity contribution in [1.82, 2.24) is 9.80 Å². The number of piperidine rings is 2. The second-order valence-electron chi connectivity index (χ2n) is 6.11. The normalized spacial score (nSPS) is 27.1. The Balaban J connectivity index is 1.69. The van der Waals surface area contributed by atoms with Crippen molar-refractivity contribution in [2.24, 2.45) is 5.92 Å². The zero-order chi connectivity index (χ0) is 14.1. The summed E-state index contributed by atoms with van der Waals surface area (Å²) in [5.41, 5.74) is 7.13. The van der Waals surface area contributed by atoms with Crippen LogP contribution < -0.4 is 5.73 Å². The lowest BCUT2D eigenvalue weighted by molar-refractivity contribution is 0.0317. The number of anilines is 1. The molecular weight excluding hydrogens is 250 g/mol. The Bertz CT molecular complexity index is 485. The second kappa shape index (κ2) is 5.44. The van der Waals surface area contributed by atoms with Gasteiger partial charge < -0.3 is 15.5 Å². The minimum atomic E-state index is 0.150. The van der Waals surface area contributed by atoms with Gasteiger partial charge >= 0.3 is 0 Å². The highest BCUT2D eigenvalue weighted by atomic mass is 16.2. The van der Waals surface area contributed by atoms with Crippen molar-refractivity contribution in [3.8, 4) is 0 Å². The van der Waals surface area contributed by atoms with E-state index in [0.29, 0.717) is 17.6 Å². The molecule has 0 spiro atoms. The lowest BCUT2D eigenvalue weighted by Gasteiger charge is -2.46. The van der Waals surface area contributed by atoms with E-state index in [4.69, 9.17) is 5.73 Å². The molecule has 4 nitrogen and oxygen atoms in total. The van der Waals surface area contributed by atoms with Crippen molar-refractivity contribution in [2.75, 3.05) is 32.4 Å². The maximum absolute atomic E-state index is 12.5. The fourth-order valence-corrected chi connectivity index (χ4v) is 3.65. The molecule has 2 heterocycles. The molecule has 2 aliphatic heterocycles. The Labute approximate surface area is 120 Å². The van der Waals surface area contributed by atoms with E-state index in [-0.39, 0.29) is 5.91 Å². The number of rotatable bonds is 1. The first-order chi connectivity index (χ1) is 9.65. The van der Waals surface area contributed by atoms with E-state index < -0.39 is 0 Å². The Morgan fingerprint density at radius 1 is 1.20 bits per heavy atom. The molecule has 1 aromatic rings. The van der Waals surface area contributed by atoms with Crippen molar-refractivity contribution >= 4 is 11.6 Å². The third kappa shape index (κ3) is 2.52. The second-order valence-corrected chi connectivity index (χ2v) is 6.11. The fraction of sp³-hybridized carbons (Fsp3) is 0.562. The number of carbonyl (C=O) groups is 1. The molecule has 0 radical (unpaired) electrons. The van der Waals surface area contributed by atoms with Gasteiger partial charge in [-0.2, -0.15) is 0 Å². The Morgan fingerprint density at radius 2 is 1.95 bits per heavy atom. The molecule has 20 heavy (non-hydrogen) atoms. The number of hydrogen-bond donors (Lipinski definition) is 1. The van der Waals surface area contributed by atoms with Gasteiger partial charge in [0.1, 0.15) is 0 Å². The monoisotopic (exact) mass is 273 g/mol. The molecule has 2 N–H and O–H groups in total. The molecule has 2 aliphatic rings. The van der Waals surface area contributed by atoms with E-state index in [2.05, 4.69) is 11.9 Å². The smallest absolute Gasteiger partial charge is 0.253 e. The molecule has 1 amide bonds. The van der Waals surface area contributed by atoms with Gasteiger partial charge in [-0.1, -0.05) is 0 Å². The highest BCUT2D eigenvalue weighted by Gasteiger charge is 2.35. The molecule has 0 saturated carbocycles. The summed E-state index contributed by atoms with van der Waals surface area (Å²) in [6, 6.07) is 7.93. The average Bonchev–Trinajstić information content (AvgIpc) is 2.47. The van der Waals surface area contributed by atoms with E-state index in [0.717, 1.165) is 25.1 Å². The third-order valence-electron chi connectivity index (χ3n) is 4.79. The van der Waals surface area contributed by atoms with E-state index in [1.165, 1.54) is 19.4 Å². The molecule has 2 saturated heterocycles. The zero-order valence-electron chi connectivity index (χ0n) is 12.1. The van der Waals surface area contributed by atoms with E-state index in [9.17, 15) is 4.79 Å². The van der Waals surface area contributed by atoms with Gasteiger partial charge in [0, 0.05) is 30.4 Å². The molecule has 2 fully saturated rings. The first kappa shape index (κ1) is 13.4. The van der Waals surface area contributed by atoms with Crippen LogP contribution in [0.4, 0.5) is 5.69 Å². The number of hydrogen-bond acceptors (Lipinski definition) is 3. The largest absolute Gasteiger partial charge is 0.399 e. The number of benzene rings is 1. The zero-order valence-corrected chi connectivity index (χ0v) is 12.1. The van der Waals surface area contributed by atoms with Gasteiger partial charge in [0.05, 0.1) is 0 Å². The number of fused-ring (bicyclic) bond motifs is 1. The summed E-state index contributed by atoms with van der Waals surface area (Å²) in [4.78, 5) is 17.0. The molecule has 0 aromatic heterocycles. The minimum Gasteiger partial charge on any atom is -0.399 e. The van der Waals surface area contributed by atoms with Crippen LogP contribution in [0, 0.1) is 5.92 Å². The topological polar surface area (TPSA) is 49.6 Å². The molecule has 1 aromatic carbocycles. The van der Waals surface area contributed by atoms with Gasteiger partial charge in [-0.05, 0) is 63.0 Å². The fourth-order valence-electron chi connectivity index (χ4n) is 3.65. The molecule has 2 atom stereocenters. The van der Waals surface area contributed by atoms with Crippen molar-refractivity contribution < 1.29 is 4.79 Å². The predicted molar refractivity (Wildman–Crippen MR) is 80.5 cm³/mol. The van der Waals surface area contributed by atoms with Crippen LogP contribution in [0.5, 0.6) is 0 Å². The van der Waals surface area contributed by atoms with Crippen LogP contribution in [-0.2, 0) is 0 Å². The maximum Gasteiger partial charge on any atom is 0.253 e. The van der Waals surface area contributed by atoms with Crippen molar-refractivity contribution in [3.63, 3.8) is 0 Å². The average molecular weight is 273 g/mol. The van der Waals surface area contributed by atoms with Gasteiger partial charge in [-0.25, -0.2) is 0 Å². The highest BCUT2D eigenvalue weighted by Crippen LogP contribution is 2.30. The van der Waals surface area contributed by atoms with Gasteiger partial charge in [0.25, 0.3) is 5.91 Å². The van der Waals surface area contributed by atoms with Gasteiger partial charge in [0.2, 0.25) is 0 Å². The SMILES string of the molecule is CN1CCCC2CN(C(=O)c3ccc(N)cc3)CCC21. The summed E-state index contributed by atoms with van der Waals surface area (Å²) >= 11 is 0. The first-order valence-electron chi connectivity index (χ1n) is 7.50. The molecule has 108 valence electrons. The van der Waals surface area contributed by atoms with Crippen LogP contribution >= 0.6 is 0 Å². The number of nitrogen functional groups attached to an aromatic ring is 1. The summed E-state index contributed by atoms with van der Waals surface area (Å²) in [6.45, 7) is 2.97. The van der Waals surface area contributed by atoms with E-state index >= 15 is 0 Å². The van der Waals surface area contributed by atoms with Crippen LogP contribution in [0.3, 0.4) is 0 Å². The molecule has 0 bridgehead atoms. The summed E-state index contributed by atoms with van der Waals surface area (Å²) < 4.78 is 0. The minimum absolute atomic E-state index is 0.150. The molecule has 4 heteroatoms. The van der Waals surface area contributed by atoms with Crippen LogP contribution in [0.15, 0.2) is 24.3 Å². The Kier molecular flexibility index (Phi) is 3.66. The number of nitrogens with zero attached hydrogens (tertiary/aromatic N) is 2. The standard InChI is InChI=1S/C16H23N3O/c1-18-9-2-3-13-11-19(10-8-15(13)18)16(20)12-4-6-14(17)7-5-12/h4-7,13,15H,2-3,8-11,17H2,1H3. The molecular formula is C16H23N3O. The number of carbonyl (C=O) groups excluding carboxylic acids is 1.